The van der Waals surface area contributed by atoms with Crippen LogP contribution in [0.1, 0.15) is 41.5 Å². The Balaban J connectivity index is 1.74. The molecule has 0 bridgehead atoms. The lowest BCUT2D eigenvalue weighted by molar-refractivity contribution is 0.449. The van der Waals surface area contributed by atoms with Gasteiger partial charge in [0.05, 0.1) is 0 Å². The van der Waals surface area contributed by atoms with E-state index in [1.165, 1.54) is 52.4 Å². The Morgan fingerprint density at radius 2 is 2.08 bits per heavy atom. The van der Waals surface area contributed by atoms with E-state index in [1.54, 1.807) is 0 Å². The van der Waals surface area contributed by atoms with Gasteiger partial charge >= 0.3 is 0 Å². The minimum atomic E-state index is 0.177. The van der Waals surface area contributed by atoms with E-state index in [1.807, 2.05) is 11.8 Å². The zero-order chi connectivity index (χ0) is 17.0. The number of thioether (sulfide) groups is 1. The number of benzene rings is 2. The molecule has 2 aromatic carbocycles. The van der Waals surface area contributed by atoms with Crippen molar-refractivity contribution in [3.05, 3.63) is 69.9 Å². The number of H-pyrrole nitrogens is 1. The van der Waals surface area contributed by atoms with E-state index in [4.69, 9.17) is 11.6 Å². The number of hydrogen-bond donors (Lipinski definition) is 1. The zero-order valence-corrected chi connectivity index (χ0v) is 16.0. The Kier molecular flexibility index (Phi) is 3.69. The van der Waals surface area contributed by atoms with Crippen molar-refractivity contribution < 1.29 is 0 Å². The predicted molar refractivity (Wildman–Crippen MR) is 109 cm³/mol. The Morgan fingerprint density at radius 1 is 1.20 bits per heavy atom. The Morgan fingerprint density at radius 3 is 2.88 bits per heavy atom. The molecule has 128 valence electrons. The van der Waals surface area contributed by atoms with Crippen LogP contribution in [0.25, 0.3) is 10.9 Å². The number of aryl methyl sites for hydroxylation is 1. The molecule has 0 aliphatic heterocycles. The highest BCUT2D eigenvalue weighted by atomic mass is 35.5. The van der Waals surface area contributed by atoms with E-state index in [0.717, 1.165) is 23.1 Å². The molecule has 0 amide bonds. The van der Waals surface area contributed by atoms with Gasteiger partial charge in [0.25, 0.3) is 0 Å². The Labute approximate surface area is 158 Å². The quantitative estimate of drug-likeness (QED) is 0.569. The third-order valence-corrected chi connectivity index (χ3v) is 7.03. The van der Waals surface area contributed by atoms with Crippen molar-refractivity contribution in [3.63, 3.8) is 0 Å². The molecule has 1 unspecified atom stereocenters. The third kappa shape index (κ3) is 2.30. The van der Waals surface area contributed by atoms with Crippen LogP contribution in [0.5, 0.6) is 0 Å². The van der Waals surface area contributed by atoms with Crippen molar-refractivity contribution in [1.82, 2.24) is 4.98 Å². The molecule has 1 aromatic heterocycles. The van der Waals surface area contributed by atoms with Crippen LogP contribution >= 0.6 is 23.4 Å². The zero-order valence-electron chi connectivity index (χ0n) is 14.4. The molecule has 1 nitrogen and oxygen atoms in total. The van der Waals surface area contributed by atoms with E-state index in [-0.39, 0.29) is 5.41 Å². The van der Waals surface area contributed by atoms with E-state index in [9.17, 15) is 0 Å². The number of nitrogens with one attached hydrogen (secondary N) is 1. The second kappa shape index (κ2) is 5.82. The van der Waals surface area contributed by atoms with Crippen molar-refractivity contribution in [2.45, 2.75) is 36.9 Å². The summed E-state index contributed by atoms with van der Waals surface area (Å²) in [4.78, 5) is 3.63. The Bertz CT molecular complexity index is 956. The van der Waals surface area contributed by atoms with Crippen molar-refractivity contribution >= 4 is 34.3 Å². The SMILES string of the molecule is CSCc1cccc2c(C3(C4CC4)CCc4cc(Cl)ccc43)c[nH]c12. The van der Waals surface area contributed by atoms with Gasteiger partial charge < -0.3 is 4.98 Å². The fourth-order valence-corrected chi connectivity index (χ4v) is 5.78. The summed E-state index contributed by atoms with van der Waals surface area (Å²) in [7, 11) is 0. The van der Waals surface area contributed by atoms with Gasteiger partial charge in [0.15, 0.2) is 0 Å². The molecule has 1 fully saturated rings. The number of aromatic nitrogens is 1. The second-order valence-electron chi connectivity index (χ2n) is 7.52. The van der Waals surface area contributed by atoms with Crippen LogP contribution < -0.4 is 0 Å². The molecule has 0 spiro atoms. The molecule has 1 atom stereocenters. The molecule has 25 heavy (non-hydrogen) atoms. The van der Waals surface area contributed by atoms with Gasteiger partial charge in [-0.05, 0) is 72.2 Å². The smallest absolute Gasteiger partial charge is 0.0498 e. The molecule has 0 saturated heterocycles. The summed E-state index contributed by atoms with van der Waals surface area (Å²) in [5.74, 6) is 1.83. The summed E-state index contributed by atoms with van der Waals surface area (Å²) in [6, 6.07) is 13.4. The highest BCUT2D eigenvalue weighted by Gasteiger charge is 2.51. The van der Waals surface area contributed by atoms with Crippen LogP contribution in [0.4, 0.5) is 0 Å². The number of fused-ring (bicyclic) bond motifs is 2. The second-order valence-corrected chi connectivity index (χ2v) is 8.82. The summed E-state index contributed by atoms with van der Waals surface area (Å²) in [6.07, 6.45) is 9.52. The molecule has 1 heterocycles. The van der Waals surface area contributed by atoms with Crippen LogP contribution in [0.3, 0.4) is 0 Å². The first-order chi connectivity index (χ1) is 12.2. The van der Waals surface area contributed by atoms with Crippen LogP contribution in [0.2, 0.25) is 5.02 Å². The molecular formula is C22H22ClNS. The van der Waals surface area contributed by atoms with Gasteiger partial charge in [0, 0.05) is 33.3 Å². The molecule has 2 aliphatic rings. The standard InChI is InChI=1S/C22H22ClNS/c1-25-13-15-3-2-4-18-20(12-24-21(15)18)22(16-5-6-16)10-9-14-11-17(23)7-8-19(14)22/h2-4,7-8,11-12,16,24H,5-6,9-10,13H2,1H3. The van der Waals surface area contributed by atoms with Crippen molar-refractivity contribution in [2.24, 2.45) is 5.92 Å². The summed E-state index contributed by atoms with van der Waals surface area (Å²) in [5.41, 5.74) is 7.40. The highest BCUT2D eigenvalue weighted by molar-refractivity contribution is 7.97. The van der Waals surface area contributed by atoms with Gasteiger partial charge in [-0.15, -0.1) is 0 Å². The molecule has 0 radical (unpaired) electrons. The first-order valence-electron chi connectivity index (χ1n) is 9.11. The van der Waals surface area contributed by atoms with Gasteiger partial charge in [0.1, 0.15) is 0 Å². The maximum atomic E-state index is 6.28. The summed E-state index contributed by atoms with van der Waals surface area (Å²) in [6.45, 7) is 0. The number of aromatic amines is 1. The van der Waals surface area contributed by atoms with Crippen LogP contribution in [0.15, 0.2) is 42.6 Å². The third-order valence-electron chi connectivity index (χ3n) is 6.19. The summed E-state index contributed by atoms with van der Waals surface area (Å²) < 4.78 is 0. The highest BCUT2D eigenvalue weighted by Crippen LogP contribution is 2.59. The average molecular weight is 368 g/mol. The lowest BCUT2D eigenvalue weighted by Gasteiger charge is -2.31. The summed E-state index contributed by atoms with van der Waals surface area (Å²) >= 11 is 8.16. The molecule has 5 rings (SSSR count). The van der Waals surface area contributed by atoms with Gasteiger partial charge in [-0.1, -0.05) is 35.9 Å². The summed E-state index contributed by atoms with van der Waals surface area (Å²) in [5, 5.41) is 2.28. The monoisotopic (exact) mass is 367 g/mol. The van der Waals surface area contributed by atoms with Gasteiger partial charge in [-0.2, -0.15) is 11.8 Å². The van der Waals surface area contributed by atoms with Gasteiger partial charge in [-0.3, -0.25) is 0 Å². The molecule has 3 aromatic rings. The predicted octanol–water partition coefficient (Wildman–Crippen LogP) is 6.33. The van der Waals surface area contributed by atoms with Crippen molar-refractivity contribution in [3.8, 4) is 0 Å². The average Bonchev–Trinajstić information content (AvgIpc) is 3.27. The van der Waals surface area contributed by atoms with E-state index in [0.29, 0.717) is 0 Å². The van der Waals surface area contributed by atoms with Gasteiger partial charge in [0.2, 0.25) is 0 Å². The first kappa shape index (κ1) is 15.8. The maximum Gasteiger partial charge on any atom is 0.0498 e. The number of halogens is 1. The van der Waals surface area contributed by atoms with E-state index in [2.05, 4.69) is 53.8 Å². The number of rotatable bonds is 4. The van der Waals surface area contributed by atoms with Crippen molar-refractivity contribution in [1.29, 1.82) is 0 Å². The van der Waals surface area contributed by atoms with E-state index >= 15 is 0 Å². The molecule has 1 saturated carbocycles. The van der Waals surface area contributed by atoms with Gasteiger partial charge in [-0.25, -0.2) is 0 Å². The topological polar surface area (TPSA) is 15.8 Å². The Hall–Kier alpha value is -1.38. The number of hydrogen-bond acceptors (Lipinski definition) is 1. The van der Waals surface area contributed by atoms with Crippen LogP contribution in [-0.2, 0) is 17.6 Å². The maximum absolute atomic E-state index is 6.28. The fourth-order valence-electron chi connectivity index (χ4n) is 5.03. The van der Waals surface area contributed by atoms with Crippen molar-refractivity contribution in [2.75, 3.05) is 6.26 Å². The lowest BCUT2D eigenvalue weighted by Crippen LogP contribution is -2.27. The minimum absolute atomic E-state index is 0.177. The fraction of sp³-hybridized carbons (Fsp3) is 0.364. The normalized spacial score (nSPS) is 22.5. The van der Waals surface area contributed by atoms with Crippen LogP contribution in [0, 0.1) is 5.92 Å². The lowest BCUT2D eigenvalue weighted by atomic mass is 9.71. The molecular weight excluding hydrogens is 346 g/mol. The molecule has 2 aliphatic carbocycles. The van der Waals surface area contributed by atoms with Crippen LogP contribution in [-0.4, -0.2) is 11.2 Å². The largest absolute Gasteiger partial charge is 0.361 e. The molecule has 3 heteroatoms. The first-order valence-corrected chi connectivity index (χ1v) is 10.9. The minimum Gasteiger partial charge on any atom is -0.361 e. The molecule has 1 N–H and O–H groups in total. The number of para-hydroxylation sites is 1. The van der Waals surface area contributed by atoms with E-state index < -0.39 is 0 Å².